The minimum absolute atomic E-state index is 0.430. The lowest BCUT2D eigenvalue weighted by atomic mass is 10.0. The van der Waals surface area contributed by atoms with Crippen LogP contribution >= 0.6 is 0 Å². The number of rotatable bonds is 3. The normalized spacial score (nSPS) is 10.8. The Kier molecular flexibility index (Phi) is 3.13. The minimum Gasteiger partial charge on any atom is -0.496 e. The van der Waals surface area contributed by atoms with Crippen LogP contribution in [0, 0.1) is 6.92 Å². The number of anilines is 1. The summed E-state index contributed by atoms with van der Waals surface area (Å²) in [5.74, 6) is 1.19. The molecule has 0 radical (unpaired) electrons. The molecular weight excluding hydrogens is 266 g/mol. The van der Waals surface area contributed by atoms with E-state index in [0.29, 0.717) is 5.82 Å². The number of nitrogen functional groups attached to an aromatic ring is 1. The summed E-state index contributed by atoms with van der Waals surface area (Å²) in [6.07, 6.45) is 3.66. The van der Waals surface area contributed by atoms with E-state index in [1.54, 1.807) is 13.4 Å². The van der Waals surface area contributed by atoms with Gasteiger partial charge in [-0.15, -0.1) is 0 Å². The molecule has 0 bridgehead atoms. The fraction of sp³-hybridized carbons (Fsp3) is 0.200. The van der Waals surface area contributed by atoms with E-state index in [1.165, 1.54) is 0 Å². The molecule has 0 saturated heterocycles. The molecule has 108 valence electrons. The maximum Gasteiger partial charge on any atom is 0.153 e. The number of benzene rings is 1. The van der Waals surface area contributed by atoms with Gasteiger partial charge in [-0.3, -0.25) is 5.10 Å². The zero-order chi connectivity index (χ0) is 15.0. The van der Waals surface area contributed by atoms with Crippen molar-refractivity contribution >= 4 is 5.82 Å². The van der Waals surface area contributed by atoms with Crippen LogP contribution in [0.2, 0.25) is 0 Å². The minimum atomic E-state index is 0.430. The third kappa shape index (κ3) is 2.24. The van der Waals surface area contributed by atoms with Gasteiger partial charge in [0.2, 0.25) is 0 Å². The first kappa shape index (κ1) is 13.2. The number of methoxy groups -OCH3 is 1. The number of nitrogens with two attached hydrogens (primary N) is 1. The molecule has 0 atom stereocenters. The molecule has 0 amide bonds. The standard InChI is InChI=1S/C15H17N5O/c1-9-4-5-12(21-3)10(6-9)13-14(18-19-15(13)16)11-7-20(2)8-17-11/h4-8H,1-3H3,(H3,16,18,19). The highest BCUT2D eigenvalue weighted by atomic mass is 16.5. The average Bonchev–Trinajstić information content (AvgIpc) is 3.04. The van der Waals surface area contributed by atoms with Crippen molar-refractivity contribution in [1.82, 2.24) is 19.7 Å². The number of imidazole rings is 1. The highest BCUT2D eigenvalue weighted by Gasteiger charge is 2.19. The van der Waals surface area contributed by atoms with Gasteiger partial charge in [0.25, 0.3) is 0 Å². The van der Waals surface area contributed by atoms with Crippen molar-refractivity contribution in [3.8, 4) is 28.3 Å². The van der Waals surface area contributed by atoms with Gasteiger partial charge >= 0.3 is 0 Å². The molecule has 1 aromatic carbocycles. The zero-order valence-corrected chi connectivity index (χ0v) is 12.2. The molecule has 3 rings (SSSR count). The number of aromatic amines is 1. The third-order valence-electron chi connectivity index (χ3n) is 3.38. The second-order valence-corrected chi connectivity index (χ2v) is 4.99. The SMILES string of the molecule is COc1ccc(C)cc1-c1c(N)n[nH]c1-c1cn(C)cn1. The van der Waals surface area contributed by atoms with Gasteiger partial charge in [-0.25, -0.2) is 4.98 Å². The molecular formula is C15H17N5O. The monoisotopic (exact) mass is 283 g/mol. The summed E-state index contributed by atoms with van der Waals surface area (Å²) >= 11 is 0. The summed E-state index contributed by atoms with van der Waals surface area (Å²) in [5, 5.41) is 7.10. The number of nitrogens with one attached hydrogen (secondary N) is 1. The Labute approximate surface area is 122 Å². The van der Waals surface area contributed by atoms with Crippen LogP contribution < -0.4 is 10.5 Å². The smallest absolute Gasteiger partial charge is 0.153 e. The topological polar surface area (TPSA) is 81.8 Å². The summed E-state index contributed by atoms with van der Waals surface area (Å²) in [6.45, 7) is 2.03. The molecule has 3 N–H and O–H groups in total. The van der Waals surface area contributed by atoms with Gasteiger partial charge in [-0.1, -0.05) is 11.6 Å². The summed E-state index contributed by atoms with van der Waals surface area (Å²) in [5.41, 5.74) is 10.5. The lowest BCUT2D eigenvalue weighted by Gasteiger charge is -2.10. The molecule has 2 aromatic heterocycles. The molecule has 6 heteroatoms. The van der Waals surface area contributed by atoms with Crippen molar-refractivity contribution < 1.29 is 4.74 Å². The fourth-order valence-corrected chi connectivity index (χ4v) is 2.37. The molecule has 0 fully saturated rings. The third-order valence-corrected chi connectivity index (χ3v) is 3.38. The number of ether oxygens (including phenoxy) is 1. The van der Waals surface area contributed by atoms with E-state index in [0.717, 1.165) is 33.8 Å². The summed E-state index contributed by atoms with van der Waals surface area (Å²) in [7, 11) is 3.56. The van der Waals surface area contributed by atoms with Crippen molar-refractivity contribution in [2.45, 2.75) is 6.92 Å². The van der Waals surface area contributed by atoms with E-state index in [2.05, 4.69) is 15.2 Å². The van der Waals surface area contributed by atoms with Crippen LogP contribution in [0.5, 0.6) is 5.75 Å². The average molecular weight is 283 g/mol. The number of aromatic nitrogens is 4. The molecule has 0 aliphatic heterocycles. The van der Waals surface area contributed by atoms with Crippen LogP contribution in [-0.4, -0.2) is 26.9 Å². The molecule has 0 unspecified atom stereocenters. The maximum atomic E-state index is 6.06. The molecule has 6 nitrogen and oxygen atoms in total. The van der Waals surface area contributed by atoms with Gasteiger partial charge in [0.1, 0.15) is 11.4 Å². The van der Waals surface area contributed by atoms with E-state index < -0.39 is 0 Å². The van der Waals surface area contributed by atoms with Gasteiger partial charge in [0, 0.05) is 18.8 Å². The quantitative estimate of drug-likeness (QED) is 0.773. The van der Waals surface area contributed by atoms with Gasteiger partial charge in [-0.2, -0.15) is 5.10 Å². The summed E-state index contributed by atoms with van der Waals surface area (Å²) in [4.78, 5) is 4.36. The van der Waals surface area contributed by atoms with Crippen LogP contribution in [-0.2, 0) is 7.05 Å². The number of nitrogens with zero attached hydrogens (tertiary/aromatic N) is 3. The molecule has 0 aliphatic carbocycles. The molecule has 0 saturated carbocycles. The predicted octanol–water partition coefficient (Wildman–Crippen LogP) is 2.38. The molecule has 0 spiro atoms. The van der Waals surface area contributed by atoms with E-state index in [4.69, 9.17) is 10.5 Å². The molecule has 0 aliphatic rings. The Hall–Kier alpha value is -2.76. The van der Waals surface area contributed by atoms with Crippen molar-refractivity contribution in [3.05, 3.63) is 36.3 Å². The number of hydrogen-bond donors (Lipinski definition) is 2. The Balaban J connectivity index is 2.24. The van der Waals surface area contributed by atoms with Crippen LogP contribution in [0.3, 0.4) is 0 Å². The molecule has 21 heavy (non-hydrogen) atoms. The Morgan fingerprint density at radius 1 is 1.33 bits per heavy atom. The highest BCUT2D eigenvalue weighted by Crippen LogP contribution is 2.39. The lowest BCUT2D eigenvalue weighted by Crippen LogP contribution is -1.93. The highest BCUT2D eigenvalue weighted by molar-refractivity contribution is 5.89. The first-order chi connectivity index (χ1) is 10.1. The first-order valence-electron chi connectivity index (χ1n) is 6.57. The van der Waals surface area contributed by atoms with Crippen LogP contribution in [0.25, 0.3) is 22.5 Å². The Bertz CT molecular complexity index is 787. The maximum absolute atomic E-state index is 6.06. The fourth-order valence-electron chi connectivity index (χ4n) is 2.37. The lowest BCUT2D eigenvalue weighted by molar-refractivity contribution is 0.416. The van der Waals surface area contributed by atoms with Crippen molar-refractivity contribution in [3.63, 3.8) is 0 Å². The van der Waals surface area contributed by atoms with Crippen LogP contribution in [0.4, 0.5) is 5.82 Å². The number of H-pyrrole nitrogens is 1. The van der Waals surface area contributed by atoms with E-state index in [1.807, 2.05) is 42.9 Å². The Morgan fingerprint density at radius 2 is 2.14 bits per heavy atom. The second-order valence-electron chi connectivity index (χ2n) is 4.99. The van der Waals surface area contributed by atoms with E-state index in [-0.39, 0.29) is 0 Å². The van der Waals surface area contributed by atoms with E-state index >= 15 is 0 Å². The number of hydrogen-bond acceptors (Lipinski definition) is 4. The number of aryl methyl sites for hydroxylation is 2. The van der Waals surface area contributed by atoms with E-state index in [9.17, 15) is 0 Å². The predicted molar refractivity (Wildman–Crippen MR) is 81.9 cm³/mol. The largest absolute Gasteiger partial charge is 0.496 e. The van der Waals surface area contributed by atoms with Gasteiger partial charge in [0.15, 0.2) is 5.82 Å². The summed E-state index contributed by atoms with van der Waals surface area (Å²) < 4.78 is 7.33. The van der Waals surface area contributed by atoms with Gasteiger partial charge in [-0.05, 0) is 19.1 Å². The molecule has 3 aromatic rings. The first-order valence-corrected chi connectivity index (χ1v) is 6.57. The van der Waals surface area contributed by atoms with Crippen LogP contribution in [0.15, 0.2) is 30.7 Å². The van der Waals surface area contributed by atoms with Crippen molar-refractivity contribution in [1.29, 1.82) is 0 Å². The molecule has 2 heterocycles. The van der Waals surface area contributed by atoms with Crippen molar-refractivity contribution in [2.75, 3.05) is 12.8 Å². The van der Waals surface area contributed by atoms with Crippen molar-refractivity contribution in [2.24, 2.45) is 7.05 Å². The Morgan fingerprint density at radius 3 is 2.81 bits per heavy atom. The van der Waals surface area contributed by atoms with Gasteiger partial charge < -0.3 is 15.0 Å². The van der Waals surface area contributed by atoms with Crippen LogP contribution in [0.1, 0.15) is 5.56 Å². The second kappa shape index (κ2) is 4.97. The van der Waals surface area contributed by atoms with Gasteiger partial charge in [0.05, 0.1) is 24.7 Å². The zero-order valence-electron chi connectivity index (χ0n) is 12.2. The summed E-state index contributed by atoms with van der Waals surface area (Å²) in [6, 6.07) is 5.96.